The average Bonchev–Trinajstić information content (AvgIpc) is 3.22. The van der Waals surface area contributed by atoms with Gasteiger partial charge in [-0.1, -0.05) is 53.0 Å². The molecule has 0 aliphatic rings. The summed E-state index contributed by atoms with van der Waals surface area (Å²) < 4.78 is 6.51. The van der Waals surface area contributed by atoms with Gasteiger partial charge in [-0.25, -0.2) is 4.57 Å². The van der Waals surface area contributed by atoms with Crippen molar-refractivity contribution < 1.29 is 9.13 Å². The van der Waals surface area contributed by atoms with Crippen LogP contribution in [0.3, 0.4) is 0 Å². The van der Waals surface area contributed by atoms with E-state index in [-0.39, 0.29) is 0 Å². The summed E-state index contributed by atoms with van der Waals surface area (Å²) in [4.78, 5) is 0. The second-order valence-electron chi connectivity index (χ2n) is 6.29. The molecule has 0 aliphatic carbocycles. The number of rotatable bonds is 3. The number of nitrogens with zero attached hydrogens (tertiary/aromatic N) is 3. The highest BCUT2D eigenvalue weighted by Crippen LogP contribution is 2.25. The Morgan fingerprint density at radius 2 is 1.59 bits per heavy atom. The van der Waals surface area contributed by atoms with Gasteiger partial charge in [-0.05, 0) is 18.2 Å². The molecule has 3 nitrogen and oxygen atoms in total. The third kappa shape index (κ3) is 4.00. The first-order valence-corrected chi connectivity index (χ1v) is 10.3. The lowest BCUT2D eigenvalue weighted by atomic mass is 10.0. The van der Waals surface area contributed by atoms with Crippen LogP contribution in [0.5, 0.6) is 0 Å². The van der Waals surface area contributed by atoms with Crippen LogP contribution in [0, 0.1) is 0 Å². The van der Waals surface area contributed by atoms with Crippen molar-refractivity contribution in [3.8, 4) is 5.69 Å². The SMILES string of the molecule is C=Cc1c[n+](C)c2cc(-n3ccc4c3ccc[n+]4C)ccc2c1C=C.CC.CC. The molecule has 3 heteroatoms. The summed E-state index contributed by atoms with van der Waals surface area (Å²) in [7, 11) is 4.14. The number of fused-ring (bicyclic) bond motifs is 2. The standard InChI is InChI=1S/C22H21N3.2C2H6/c1-5-16-15-24(4)22-14-17(9-10-19(22)18(16)6-2)25-13-11-20-21(25)8-7-12-23(20)3;2*1-2/h5-15H,1-2H2,3-4H3;2*1-2H3/q+2;;. The number of pyridine rings is 2. The quantitative estimate of drug-likeness (QED) is 0.396. The fourth-order valence-electron chi connectivity index (χ4n) is 3.55. The zero-order valence-corrected chi connectivity index (χ0v) is 18.6. The first-order valence-electron chi connectivity index (χ1n) is 10.3. The summed E-state index contributed by atoms with van der Waals surface area (Å²) in [5.41, 5.74) is 6.93. The van der Waals surface area contributed by atoms with Crippen LogP contribution in [0.2, 0.25) is 0 Å². The third-order valence-corrected chi connectivity index (χ3v) is 4.84. The molecule has 29 heavy (non-hydrogen) atoms. The van der Waals surface area contributed by atoms with Gasteiger partial charge in [0.05, 0.1) is 11.1 Å². The topological polar surface area (TPSA) is 12.7 Å². The molecule has 0 saturated heterocycles. The maximum absolute atomic E-state index is 3.98. The highest BCUT2D eigenvalue weighted by atomic mass is 15.0. The lowest BCUT2D eigenvalue weighted by Gasteiger charge is -2.09. The number of hydrogen-bond acceptors (Lipinski definition) is 0. The van der Waals surface area contributed by atoms with Gasteiger partial charge in [0.1, 0.15) is 19.6 Å². The van der Waals surface area contributed by atoms with Crippen LogP contribution in [-0.2, 0) is 14.1 Å². The molecule has 0 amide bonds. The maximum atomic E-state index is 3.98. The Balaban J connectivity index is 0.000000707. The number of aromatic nitrogens is 3. The maximum Gasteiger partial charge on any atom is 0.230 e. The number of aryl methyl sites for hydroxylation is 2. The number of hydrogen-bond donors (Lipinski definition) is 0. The van der Waals surface area contributed by atoms with Crippen molar-refractivity contribution in [2.75, 3.05) is 0 Å². The molecule has 0 spiro atoms. The molecule has 0 fully saturated rings. The molecule has 1 aromatic carbocycles. The summed E-state index contributed by atoms with van der Waals surface area (Å²) in [6.07, 6.45) is 10.1. The molecule has 0 radical (unpaired) electrons. The monoisotopic (exact) mass is 387 g/mol. The summed E-state index contributed by atoms with van der Waals surface area (Å²) in [5.74, 6) is 0. The van der Waals surface area contributed by atoms with Crippen LogP contribution in [0.15, 0.2) is 68.1 Å². The van der Waals surface area contributed by atoms with Crippen LogP contribution >= 0.6 is 0 Å². The molecule has 0 saturated carbocycles. The van der Waals surface area contributed by atoms with Gasteiger partial charge in [-0.3, -0.25) is 0 Å². The largest absolute Gasteiger partial charge is 0.311 e. The van der Waals surface area contributed by atoms with Crippen molar-refractivity contribution in [3.63, 3.8) is 0 Å². The van der Waals surface area contributed by atoms with E-state index in [9.17, 15) is 0 Å². The average molecular weight is 388 g/mol. The zero-order chi connectivity index (χ0) is 21.6. The van der Waals surface area contributed by atoms with Gasteiger partial charge in [0.25, 0.3) is 0 Å². The van der Waals surface area contributed by atoms with Gasteiger partial charge < -0.3 is 4.57 Å². The van der Waals surface area contributed by atoms with Crippen LogP contribution in [0.25, 0.3) is 39.8 Å². The first kappa shape index (κ1) is 22.1. The van der Waals surface area contributed by atoms with E-state index < -0.39 is 0 Å². The lowest BCUT2D eigenvalue weighted by molar-refractivity contribution is -0.645. The van der Waals surface area contributed by atoms with Crippen LogP contribution in [0.1, 0.15) is 38.8 Å². The Labute approximate surface area is 174 Å². The molecule has 0 N–H and O–H groups in total. The fraction of sp³-hybridized carbons (Fsp3) is 0.231. The summed E-state index contributed by atoms with van der Waals surface area (Å²) in [6.45, 7) is 15.9. The summed E-state index contributed by atoms with van der Waals surface area (Å²) >= 11 is 0. The smallest absolute Gasteiger partial charge is 0.230 e. The highest BCUT2D eigenvalue weighted by Gasteiger charge is 2.15. The molecule has 150 valence electrons. The number of benzene rings is 1. The fourth-order valence-corrected chi connectivity index (χ4v) is 3.55. The van der Waals surface area contributed by atoms with Crippen molar-refractivity contribution in [1.82, 2.24) is 4.57 Å². The normalized spacial score (nSPS) is 10.0. The van der Waals surface area contributed by atoms with E-state index in [0.29, 0.717) is 0 Å². The minimum absolute atomic E-state index is 1.09. The van der Waals surface area contributed by atoms with Crippen LogP contribution < -0.4 is 9.13 Å². The van der Waals surface area contributed by atoms with Crippen LogP contribution in [0.4, 0.5) is 0 Å². The zero-order valence-electron chi connectivity index (χ0n) is 18.6. The molecule has 3 aromatic heterocycles. The van der Waals surface area contributed by atoms with Crippen molar-refractivity contribution in [2.45, 2.75) is 27.7 Å². The van der Waals surface area contributed by atoms with Gasteiger partial charge >= 0.3 is 0 Å². The van der Waals surface area contributed by atoms with Gasteiger partial charge in [-0.2, -0.15) is 4.57 Å². The predicted molar refractivity (Wildman–Crippen MR) is 126 cm³/mol. The van der Waals surface area contributed by atoms with Gasteiger partial charge in [-0.15, -0.1) is 0 Å². The molecular weight excluding hydrogens is 354 g/mol. The minimum Gasteiger partial charge on any atom is -0.311 e. The van der Waals surface area contributed by atoms with Gasteiger partial charge in [0, 0.05) is 35.5 Å². The Bertz CT molecular complexity index is 1150. The van der Waals surface area contributed by atoms with E-state index in [4.69, 9.17) is 0 Å². The molecular formula is C26H33N3+2. The van der Waals surface area contributed by atoms with E-state index in [0.717, 1.165) is 16.8 Å². The predicted octanol–water partition coefficient (Wildman–Crippen LogP) is 5.77. The van der Waals surface area contributed by atoms with E-state index in [1.165, 1.54) is 21.9 Å². The van der Waals surface area contributed by atoms with Gasteiger partial charge in [0.2, 0.25) is 11.0 Å². The lowest BCUT2D eigenvalue weighted by Crippen LogP contribution is -2.29. The van der Waals surface area contributed by atoms with Crippen molar-refractivity contribution in [2.24, 2.45) is 14.1 Å². The molecule has 0 aliphatic heterocycles. The Morgan fingerprint density at radius 1 is 0.862 bits per heavy atom. The van der Waals surface area contributed by atoms with Crippen molar-refractivity contribution in [3.05, 3.63) is 79.3 Å². The van der Waals surface area contributed by atoms with E-state index in [2.05, 4.69) is 95.9 Å². The van der Waals surface area contributed by atoms with Crippen molar-refractivity contribution in [1.29, 1.82) is 0 Å². The molecule has 0 unspecified atom stereocenters. The Hall–Kier alpha value is -3.20. The van der Waals surface area contributed by atoms with Crippen LogP contribution in [-0.4, -0.2) is 4.57 Å². The van der Waals surface area contributed by atoms with E-state index >= 15 is 0 Å². The summed E-state index contributed by atoms with van der Waals surface area (Å²) in [5, 5.41) is 1.18. The minimum atomic E-state index is 1.09. The van der Waals surface area contributed by atoms with E-state index in [1.54, 1.807) is 0 Å². The first-order chi connectivity index (χ1) is 14.1. The van der Waals surface area contributed by atoms with Gasteiger partial charge in [0.15, 0.2) is 12.4 Å². The second kappa shape index (κ2) is 9.83. The molecule has 3 heterocycles. The third-order valence-electron chi connectivity index (χ3n) is 4.84. The molecule has 4 aromatic rings. The molecule has 0 atom stereocenters. The molecule has 0 bridgehead atoms. The molecule has 4 rings (SSSR count). The van der Waals surface area contributed by atoms with Crippen molar-refractivity contribution >= 4 is 34.1 Å². The second-order valence-corrected chi connectivity index (χ2v) is 6.29. The summed E-state index contributed by atoms with van der Waals surface area (Å²) in [6, 6.07) is 12.9. The van der Waals surface area contributed by atoms with E-state index in [1.807, 2.05) is 39.8 Å². The Morgan fingerprint density at radius 3 is 2.24 bits per heavy atom. The Kier molecular flexibility index (Phi) is 7.49. The highest BCUT2D eigenvalue weighted by molar-refractivity contribution is 5.90.